The molecule has 0 atom stereocenters. The van der Waals surface area contributed by atoms with Crippen molar-refractivity contribution < 1.29 is 0 Å². The molecule has 4 nitrogen and oxygen atoms in total. The quantitative estimate of drug-likeness (QED) is 0.804. The molecule has 1 rings (SSSR count). The fourth-order valence-corrected chi connectivity index (χ4v) is 1.47. The number of anilines is 1. The standard InChI is InChI=1S/C12H24N4/c1-10(2)15(5)8-6-13-12-14-7-9-16(12)11(3)4/h7,9-11H,6,8H2,1-5H3,(H,13,14). The van der Waals surface area contributed by atoms with E-state index in [9.17, 15) is 0 Å². The lowest BCUT2D eigenvalue weighted by atomic mass is 10.3. The molecule has 0 aliphatic heterocycles. The van der Waals surface area contributed by atoms with Gasteiger partial charge in [-0.25, -0.2) is 4.98 Å². The third-order valence-corrected chi connectivity index (χ3v) is 2.85. The molecule has 0 radical (unpaired) electrons. The highest BCUT2D eigenvalue weighted by atomic mass is 15.2. The zero-order chi connectivity index (χ0) is 12.1. The van der Waals surface area contributed by atoms with Crippen LogP contribution in [-0.2, 0) is 0 Å². The molecule has 1 aromatic heterocycles. The molecule has 0 aliphatic rings. The number of rotatable bonds is 6. The van der Waals surface area contributed by atoms with Crippen LogP contribution in [0.2, 0.25) is 0 Å². The minimum Gasteiger partial charge on any atom is -0.354 e. The van der Waals surface area contributed by atoms with E-state index >= 15 is 0 Å². The van der Waals surface area contributed by atoms with E-state index in [1.54, 1.807) is 0 Å². The minimum atomic E-state index is 0.452. The lowest BCUT2D eigenvalue weighted by Gasteiger charge is -2.21. The van der Waals surface area contributed by atoms with E-state index in [2.05, 4.69) is 54.5 Å². The predicted molar refractivity (Wildman–Crippen MR) is 68.9 cm³/mol. The van der Waals surface area contributed by atoms with Crippen molar-refractivity contribution in [1.82, 2.24) is 14.5 Å². The Kier molecular flexibility index (Phi) is 4.80. The first kappa shape index (κ1) is 13.0. The van der Waals surface area contributed by atoms with E-state index in [0.717, 1.165) is 19.0 Å². The molecule has 0 unspecified atom stereocenters. The van der Waals surface area contributed by atoms with Gasteiger partial charge in [0.15, 0.2) is 0 Å². The number of nitrogens with zero attached hydrogens (tertiary/aromatic N) is 3. The molecule has 0 aromatic carbocycles. The van der Waals surface area contributed by atoms with Gasteiger partial charge in [0.05, 0.1) is 0 Å². The van der Waals surface area contributed by atoms with Crippen molar-refractivity contribution in [2.24, 2.45) is 0 Å². The highest BCUT2D eigenvalue weighted by Gasteiger charge is 2.06. The molecule has 1 N–H and O–H groups in total. The Balaban J connectivity index is 2.40. The molecule has 92 valence electrons. The topological polar surface area (TPSA) is 33.1 Å². The van der Waals surface area contributed by atoms with Crippen molar-refractivity contribution in [3.63, 3.8) is 0 Å². The second-order valence-electron chi connectivity index (χ2n) is 4.75. The third-order valence-electron chi connectivity index (χ3n) is 2.85. The van der Waals surface area contributed by atoms with Gasteiger partial charge in [0.2, 0.25) is 5.95 Å². The summed E-state index contributed by atoms with van der Waals surface area (Å²) in [5.74, 6) is 0.965. The van der Waals surface area contributed by atoms with Crippen LogP contribution in [0.15, 0.2) is 12.4 Å². The normalized spacial score (nSPS) is 11.8. The summed E-state index contributed by atoms with van der Waals surface area (Å²) in [5.41, 5.74) is 0. The van der Waals surface area contributed by atoms with Crippen LogP contribution in [0.25, 0.3) is 0 Å². The molecule has 1 heterocycles. The highest BCUT2D eigenvalue weighted by molar-refractivity contribution is 5.26. The van der Waals surface area contributed by atoms with Crippen LogP contribution in [0.5, 0.6) is 0 Å². The second kappa shape index (κ2) is 5.89. The van der Waals surface area contributed by atoms with E-state index in [-0.39, 0.29) is 0 Å². The average molecular weight is 224 g/mol. The van der Waals surface area contributed by atoms with Crippen molar-refractivity contribution in [3.8, 4) is 0 Å². The van der Waals surface area contributed by atoms with Gasteiger partial charge in [-0.15, -0.1) is 0 Å². The van der Waals surface area contributed by atoms with E-state index in [1.165, 1.54) is 0 Å². The van der Waals surface area contributed by atoms with E-state index in [1.807, 2.05) is 12.4 Å². The van der Waals surface area contributed by atoms with Gasteiger partial charge < -0.3 is 14.8 Å². The summed E-state index contributed by atoms with van der Waals surface area (Å²) in [5, 5.41) is 3.37. The summed E-state index contributed by atoms with van der Waals surface area (Å²) in [6.45, 7) is 10.7. The molecule has 0 saturated carbocycles. The molecule has 4 heteroatoms. The summed E-state index contributed by atoms with van der Waals surface area (Å²) in [4.78, 5) is 6.63. The van der Waals surface area contributed by atoms with Crippen LogP contribution >= 0.6 is 0 Å². The van der Waals surface area contributed by atoms with Crippen LogP contribution in [0.4, 0.5) is 5.95 Å². The Morgan fingerprint density at radius 1 is 1.38 bits per heavy atom. The summed E-state index contributed by atoms with van der Waals surface area (Å²) in [7, 11) is 2.14. The zero-order valence-corrected chi connectivity index (χ0v) is 11.1. The van der Waals surface area contributed by atoms with Gasteiger partial charge in [-0.2, -0.15) is 0 Å². The Morgan fingerprint density at radius 2 is 2.06 bits per heavy atom. The number of hydrogen-bond donors (Lipinski definition) is 1. The third kappa shape index (κ3) is 3.52. The van der Waals surface area contributed by atoms with Crippen LogP contribution < -0.4 is 5.32 Å². The van der Waals surface area contributed by atoms with E-state index in [0.29, 0.717) is 12.1 Å². The van der Waals surface area contributed by atoms with Gasteiger partial charge in [0, 0.05) is 37.6 Å². The molecular formula is C12H24N4. The monoisotopic (exact) mass is 224 g/mol. The van der Waals surface area contributed by atoms with Gasteiger partial charge in [0.25, 0.3) is 0 Å². The first-order chi connectivity index (χ1) is 7.52. The van der Waals surface area contributed by atoms with Crippen LogP contribution in [-0.4, -0.2) is 40.6 Å². The van der Waals surface area contributed by atoms with Crippen LogP contribution in [0, 0.1) is 0 Å². The van der Waals surface area contributed by atoms with E-state index in [4.69, 9.17) is 0 Å². The molecular weight excluding hydrogens is 200 g/mol. The maximum absolute atomic E-state index is 4.31. The fourth-order valence-electron chi connectivity index (χ4n) is 1.47. The fraction of sp³-hybridized carbons (Fsp3) is 0.750. The molecule has 0 aliphatic carbocycles. The largest absolute Gasteiger partial charge is 0.354 e. The molecule has 0 spiro atoms. The summed E-state index contributed by atoms with van der Waals surface area (Å²) in [6, 6.07) is 1.04. The van der Waals surface area contributed by atoms with Crippen LogP contribution in [0.3, 0.4) is 0 Å². The lowest BCUT2D eigenvalue weighted by molar-refractivity contribution is 0.284. The SMILES string of the molecule is CC(C)N(C)CCNc1nccn1C(C)C. The predicted octanol–water partition coefficient (Wildman–Crippen LogP) is 2.22. The zero-order valence-electron chi connectivity index (χ0n) is 11.1. The first-order valence-corrected chi connectivity index (χ1v) is 5.99. The molecule has 0 bridgehead atoms. The van der Waals surface area contributed by atoms with Crippen molar-refractivity contribution in [1.29, 1.82) is 0 Å². The van der Waals surface area contributed by atoms with Gasteiger partial charge in [0.1, 0.15) is 0 Å². The molecule has 0 fully saturated rings. The number of nitrogens with one attached hydrogen (secondary N) is 1. The highest BCUT2D eigenvalue weighted by Crippen LogP contribution is 2.11. The molecule has 16 heavy (non-hydrogen) atoms. The average Bonchev–Trinajstić information content (AvgIpc) is 2.65. The molecule has 1 aromatic rings. The van der Waals surface area contributed by atoms with Crippen molar-refractivity contribution >= 4 is 5.95 Å². The molecule has 0 saturated heterocycles. The van der Waals surface area contributed by atoms with Crippen molar-refractivity contribution in [2.75, 3.05) is 25.5 Å². The summed E-state index contributed by atoms with van der Waals surface area (Å²) < 4.78 is 2.15. The van der Waals surface area contributed by atoms with Crippen molar-refractivity contribution in [3.05, 3.63) is 12.4 Å². The van der Waals surface area contributed by atoms with Gasteiger partial charge >= 0.3 is 0 Å². The summed E-state index contributed by atoms with van der Waals surface area (Å²) >= 11 is 0. The van der Waals surface area contributed by atoms with E-state index < -0.39 is 0 Å². The Morgan fingerprint density at radius 3 is 2.62 bits per heavy atom. The first-order valence-electron chi connectivity index (χ1n) is 5.99. The van der Waals surface area contributed by atoms with Crippen LogP contribution in [0.1, 0.15) is 33.7 Å². The van der Waals surface area contributed by atoms with Crippen molar-refractivity contribution in [2.45, 2.75) is 39.8 Å². The summed E-state index contributed by atoms with van der Waals surface area (Å²) in [6.07, 6.45) is 3.85. The second-order valence-corrected chi connectivity index (χ2v) is 4.75. The number of imidazole rings is 1. The number of aromatic nitrogens is 2. The Hall–Kier alpha value is -1.03. The Labute approximate surface area is 98.7 Å². The maximum atomic E-state index is 4.31. The maximum Gasteiger partial charge on any atom is 0.203 e. The minimum absolute atomic E-state index is 0.452. The number of likely N-dealkylation sites (N-methyl/N-ethyl adjacent to an activating group) is 1. The smallest absolute Gasteiger partial charge is 0.203 e. The van der Waals surface area contributed by atoms with Gasteiger partial charge in [-0.1, -0.05) is 0 Å². The van der Waals surface area contributed by atoms with Gasteiger partial charge in [-0.3, -0.25) is 0 Å². The lowest BCUT2D eigenvalue weighted by Crippen LogP contribution is -2.31. The molecule has 0 amide bonds. The van der Waals surface area contributed by atoms with Gasteiger partial charge in [-0.05, 0) is 34.7 Å². The number of hydrogen-bond acceptors (Lipinski definition) is 3. The Bertz CT molecular complexity index is 304.